The van der Waals surface area contributed by atoms with Crippen LogP contribution in [0.15, 0.2) is 0 Å². The zero-order valence-electron chi connectivity index (χ0n) is 9.34. The van der Waals surface area contributed by atoms with Crippen LogP contribution in [0.1, 0.15) is 25.7 Å². The highest BCUT2D eigenvalue weighted by molar-refractivity contribution is 5.32. The van der Waals surface area contributed by atoms with Crippen LogP contribution in [0.4, 0.5) is 11.9 Å². The van der Waals surface area contributed by atoms with E-state index in [4.69, 9.17) is 0 Å². The first kappa shape index (κ1) is 9.74. The summed E-state index contributed by atoms with van der Waals surface area (Å²) in [4.78, 5) is 4.29. The van der Waals surface area contributed by atoms with Crippen LogP contribution < -0.4 is 9.80 Å². The van der Waals surface area contributed by atoms with Gasteiger partial charge in [0.25, 0.3) is 11.9 Å². The molecular weight excluding hydrogens is 204 g/mol. The lowest BCUT2D eigenvalue weighted by molar-refractivity contribution is 0.757. The maximum Gasteiger partial charge on any atom is 0.264 e. The predicted molar refractivity (Wildman–Crippen MR) is 60.5 cm³/mol. The molecule has 3 heterocycles. The molecule has 86 valence electrons. The van der Waals surface area contributed by atoms with Crippen LogP contribution in [0.5, 0.6) is 0 Å². The lowest BCUT2D eigenvalue weighted by Gasteiger charge is -2.16. The van der Waals surface area contributed by atoms with E-state index in [2.05, 4.69) is 30.2 Å². The first-order chi connectivity index (χ1) is 7.93. The molecule has 3 rings (SSSR count). The normalized spacial score (nSPS) is 20.8. The zero-order valence-corrected chi connectivity index (χ0v) is 9.34. The standard InChI is InChI=1S/C10H16N6/c1-2-6-15(5-1)9-11-13-10(14-12-9)16-7-3-4-8-16/h1-8H2. The fraction of sp³-hybridized carbons (Fsp3) is 0.800. The molecule has 2 aliphatic heterocycles. The van der Waals surface area contributed by atoms with E-state index >= 15 is 0 Å². The lowest BCUT2D eigenvalue weighted by Crippen LogP contribution is -2.25. The van der Waals surface area contributed by atoms with Gasteiger partial charge >= 0.3 is 0 Å². The summed E-state index contributed by atoms with van der Waals surface area (Å²) in [6, 6.07) is 0. The van der Waals surface area contributed by atoms with E-state index in [0.29, 0.717) is 11.9 Å². The van der Waals surface area contributed by atoms with Gasteiger partial charge in [-0.2, -0.15) is 0 Å². The lowest BCUT2D eigenvalue weighted by atomic mass is 10.4. The summed E-state index contributed by atoms with van der Waals surface area (Å²) in [7, 11) is 0. The molecule has 0 bridgehead atoms. The number of anilines is 2. The minimum Gasteiger partial charge on any atom is -0.338 e. The fourth-order valence-electron chi connectivity index (χ4n) is 2.31. The van der Waals surface area contributed by atoms with Crippen LogP contribution in [0.2, 0.25) is 0 Å². The Balaban J connectivity index is 1.73. The molecule has 2 fully saturated rings. The summed E-state index contributed by atoms with van der Waals surface area (Å²) >= 11 is 0. The van der Waals surface area contributed by atoms with Crippen LogP contribution in [0, 0.1) is 0 Å². The van der Waals surface area contributed by atoms with Crippen LogP contribution in [0.3, 0.4) is 0 Å². The molecule has 1 aromatic rings. The van der Waals surface area contributed by atoms with Crippen molar-refractivity contribution in [2.45, 2.75) is 25.7 Å². The van der Waals surface area contributed by atoms with Crippen LogP contribution >= 0.6 is 0 Å². The molecule has 16 heavy (non-hydrogen) atoms. The van der Waals surface area contributed by atoms with Crippen molar-refractivity contribution in [3.63, 3.8) is 0 Å². The molecule has 0 atom stereocenters. The fourth-order valence-corrected chi connectivity index (χ4v) is 2.31. The largest absolute Gasteiger partial charge is 0.338 e. The van der Waals surface area contributed by atoms with Crippen LogP contribution in [-0.2, 0) is 0 Å². The third-order valence-electron chi connectivity index (χ3n) is 3.24. The number of aromatic nitrogens is 4. The van der Waals surface area contributed by atoms with Crippen molar-refractivity contribution in [3.05, 3.63) is 0 Å². The van der Waals surface area contributed by atoms with Gasteiger partial charge in [0.2, 0.25) is 0 Å². The Hall–Kier alpha value is -1.46. The van der Waals surface area contributed by atoms with Crippen molar-refractivity contribution in [1.82, 2.24) is 20.4 Å². The van der Waals surface area contributed by atoms with Gasteiger partial charge in [0.15, 0.2) is 0 Å². The molecule has 6 heteroatoms. The minimum atomic E-state index is 0.681. The Morgan fingerprint density at radius 1 is 0.562 bits per heavy atom. The molecule has 0 spiro atoms. The third-order valence-corrected chi connectivity index (χ3v) is 3.24. The molecule has 0 radical (unpaired) electrons. The third kappa shape index (κ3) is 1.79. The molecule has 6 nitrogen and oxygen atoms in total. The van der Waals surface area contributed by atoms with Gasteiger partial charge in [-0.3, -0.25) is 0 Å². The predicted octanol–water partition coefficient (Wildman–Crippen LogP) is 0.467. The second kappa shape index (κ2) is 4.19. The first-order valence-electron chi connectivity index (χ1n) is 6.01. The Morgan fingerprint density at radius 2 is 0.875 bits per heavy atom. The summed E-state index contributed by atoms with van der Waals surface area (Å²) in [6.07, 6.45) is 4.88. The molecule has 0 amide bonds. The van der Waals surface area contributed by atoms with Crippen molar-refractivity contribution in [1.29, 1.82) is 0 Å². The van der Waals surface area contributed by atoms with E-state index in [-0.39, 0.29) is 0 Å². The topological polar surface area (TPSA) is 58.0 Å². The molecule has 2 aliphatic rings. The van der Waals surface area contributed by atoms with Crippen molar-refractivity contribution >= 4 is 11.9 Å². The smallest absolute Gasteiger partial charge is 0.264 e. The Labute approximate surface area is 94.7 Å². The van der Waals surface area contributed by atoms with Gasteiger partial charge in [-0.1, -0.05) is 0 Å². The van der Waals surface area contributed by atoms with E-state index in [1.807, 2.05) is 0 Å². The maximum atomic E-state index is 4.17. The average Bonchev–Trinajstić information content (AvgIpc) is 3.03. The number of hydrogen-bond acceptors (Lipinski definition) is 6. The molecule has 1 aromatic heterocycles. The highest BCUT2D eigenvalue weighted by atomic mass is 15.5. The van der Waals surface area contributed by atoms with Gasteiger partial charge in [-0.25, -0.2) is 0 Å². The van der Waals surface area contributed by atoms with Crippen LogP contribution in [-0.4, -0.2) is 46.6 Å². The van der Waals surface area contributed by atoms with E-state index in [9.17, 15) is 0 Å². The average molecular weight is 220 g/mol. The van der Waals surface area contributed by atoms with Gasteiger partial charge in [-0.15, -0.1) is 20.4 Å². The number of hydrogen-bond donors (Lipinski definition) is 0. The molecule has 0 aromatic carbocycles. The van der Waals surface area contributed by atoms with E-state index < -0.39 is 0 Å². The highest BCUT2D eigenvalue weighted by Gasteiger charge is 2.19. The van der Waals surface area contributed by atoms with E-state index in [0.717, 1.165) is 26.2 Å². The van der Waals surface area contributed by atoms with Gasteiger partial charge in [0.05, 0.1) is 0 Å². The monoisotopic (exact) mass is 220 g/mol. The summed E-state index contributed by atoms with van der Waals surface area (Å²) in [5.74, 6) is 1.36. The molecular formula is C10H16N6. The van der Waals surface area contributed by atoms with Gasteiger partial charge in [0, 0.05) is 26.2 Å². The minimum absolute atomic E-state index is 0.681. The Morgan fingerprint density at radius 3 is 1.19 bits per heavy atom. The highest BCUT2D eigenvalue weighted by Crippen LogP contribution is 2.16. The molecule has 0 aliphatic carbocycles. The Kier molecular flexibility index (Phi) is 2.55. The number of rotatable bonds is 2. The molecule has 0 N–H and O–H groups in total. The van der Waals surface area contributed by atoms with Gasteiger partial charge < -0.3 is 9.80 Å². The van der Waals surface area contributed by atoms with Crippen molar-refractivity contribution in [2.24, 2.45) is 0 Å². The van der Waals surface area contributed by atoms with Crippen molar-refractivity contribution < 1.29 is 0 Å². The first-order valence-corrected chi connectivity index (χ1v) is 6.01. The van der Waals surface area contributed by atoms with Crippen molar-refractivity contribution in [2.75, 3.05) is 36.0 Å². The van der Waals surface area contributed by atoms with Crippen LogP contribution in [0.25, 0.3) is 0 Å². The summed E-state index contributed by atoms with van der Waals surface area (Å²) in [6.45, 7) is 4.14. The van der Waals surface area contributed by atoms with E-state index in [1.165, 1.54) is 25.7 Å². The van der Waals surface area contributed by atoms with Gasteiger partial charge in [-0.05, 0) is 25.7 Å². The second-order valence-corrected chi connectivity index (χ2v) is 4.39. The van der Waals surface area contributed by atoms with E-state index in [1.54, 1.807) is 0 Å². The van der Waals surface area contributed by atoms with Gasteiger partial charge in [0.1, 0.15) is 0 Å². The quantitative estimate of drug-likeness (QED) is 0.722. The zero-order chi connectivity index (χ0) is 10.8. The Bertz CT molecular complexity index is 304. The molecule has 0 unspecified atom stereocenters. The molecule has 0 saturated carbocycles. The SMILES string of the molecule is C1CCN(c2nnc(N3CCCC3)nn2)C1. The molecule has 2 saturated heterocycles. The second-order valence-electron chi connectivity index (χ2n) is 4.39. The summed E-state index contributed by atoms with van der Waals surface area (Å²) in [5, 5.41) is 16.7. The maximum absolute atomic E-state index is 4.17. The summed E-state index contributed by atoms with van der Waals surface area (Å²) < 4.78 is 0. The summed E-state index contributed by atoms with van der Waals surface area (Å²) in [5.41, 5.74) is 0. The van der Waals surface area contributed by atoms with Crippen molar-refractivity contribution in [3.8, 4) is 0 Å². The number of nitrogens with zero attached hydrogens (tertiary/aromatic N) is 6.